The Morgan fingerprint density at radius 3 is 1.70 bits per heavy atom. The summed E-state index contributed by atoms with van der Waals surface area (Å²) in [5, 5.41) is 4.53. The number of aromatic nitrogens is 3. The molecule has 50 heavy (non-hydrogen) atoms. The van der Waals surface area contributed by atoms with Gasteiger partial charge in [-0.3, -0.25) is 0 Å². The molecule has 3 heterocycles. The fourth-order valence-electron chi connectivity index (χ4n) is 7.01. The van der Waals surface area contributed by atoms with Gasteiger partial charge in [0.15, 0.2) is 17.5 Å². The van der Waals surface area contributed by atoms with Crippen LogP contribution in [0.15, 0.2) is 168 Å². The van der Waals surface area contributed by atoms with Crippen LogP contribution in [0.25, 0.3) is 98.5 Å². The van der Waals surface area contributed by atoms with Crippen LogP contribution < -0.4 is 0 Å². The zero-order valence-electron chi connectivity index (χ0n) is 26.7. The van der Waals surface area contributed by atoms with E-state index in [1.165, 1.54) is 31.3 Å². The normalized spacial score (nSPS) is 11.6. The highest BCUT2D eigenvalue weighted by Gasteiger charge is 2.21. The number of fused-ring (bicyclic) bond motifs is 6. The number of furan rings is 1. The molecule has 0 N–H and O–H groups in total. The minimum Gasteiger partial charge on any atom is -0.455 e. The largest absolute Gasteiger partial charge is 0.455 e. The summed E-state index contributed by atoms with van der Waals surface area (Å²) in [5.74, 6) is 1.86. The fourth-order valence-corrected chi connectivity index (χ4v) is 8.23. The van der Waals surface area contributed by atoms with Crippen LogP contribution in [0, 0.1) is 0 Å². The molecule has 0 unspecified atom stereocenters. The summed E-state index contributed by atoms with van der Waals surface area (Å²) in [4.78, 5) is 15.0. The number of para-hydroxylation sites is 1. The first-order valence-electron chi connectivity index (χ1n) is 16.6. The van der Waals surface area contributed by atoms with Gasteiger partial charge in [0.1, 0.15) is 11.2 Å². The second-order valence-corrected chi connectivity index (χ2v) is 13.4. The number of hydrogen-bond donors (Lipinski definition) is 0. The topological polar surface area (TPSA) is 51.8 Å². The Morgan fingerprint density at radius 2 is 0.980 bits per heavy atom. The molecular weight excluding hydrogens is 631 g/mol. The zero-order valence-corrected chi connectivity index (χ0v) is 27.6. The van der Waals surface area contributed by atoms with Crippen molar-refractivity contribution < 1.29 is 4.42 Å². The molecule has 3 aromatic heterocycles. The van der Waals surface area contributed by atoms with E-state index in [4.69, 9.17) is 19.4 Å². The van der Waals surface area contributed by atoms with Gasteiger partial charge < -0.3 is 4.42 Å². The quantitative estimate of drug-likeness (QED) is 0.185. The van der Waals surface area contributed by atoms with Crippen LogP contribution in [-0.4, -0.2) is 15.0 Å². The van der Waals surface area contributed by atoms with Gasteiger partial charge in [-0.1, -0.05) is 140 Å². The van der Waals surface area contributed by atoms with Crippen LogP contribution in [0.3, 0.4) is 0 Å². The van der Waals surface area contributed by atoms with Crippen molar-refractivity contribution in [2.24, 2.45) is 0 Å². The first kappa shape index (κ1) is 28.6. The van der Waals surface area contributed by atoms with Gasteiger partial charge in [0.2, 0.25) is 0 Å². The summed E-state index contributed by atoms with van der Waals surface area (Å²) in [7, 11) is 0. The van der Waals surface area contributed by atoms with E-state index in [2.05, 4.69) is 91.0 Å². The molecule has 4 nitrogen and oxygen atoms in total. The smallest absolute Gasteiger partial charge is 0.164 e. The molecule has 0 bridgehead atoms. The van der Waals surface area contributed by atoms with Crippen molar-refractivity contribution in [3.63, 3.8) is 0 Å². The second kappa shape index (κ2) is 11.6. The van der Waals surface area contributed by atoms with Gasteiger partial charge in [0, 0.05) is 58.8 Å². The SMILES string of the molecule is c1ccc(-c2nc(-c3ccccc3)nc(-c3cccc4oc5c(-c6cc(-c7ccccc7)c7sc8ccccc8c7c6)cccc5c34)n2)cc1. The molecule has 0 atom stereocenters. The molecule has 0 amide bonds. The summed E-state index contributed by atoms with van der Waals surface area (Å²) >= 11 is 1.85. The van der Waals surface area contributed by atoms with Crippen LogP contribution >= 0.6 is 11.3 Å². The van der Waals surface area contributed by atoms with Gasteiger partial charge >= 0.3 is 0 Å². The van der Waals surface area contributed by atoms with Crippen LogP contribution in [-0.2, 0) is 0 Å². The Morgan fingerprint density at radius 1 is 0.400 bits per heavy atom. The van der Waals surface area contributed by atoms with Gasteiger partial charge in [-0.2, -0.15) is 0 Å². The van der Waals surface area contributed by atoms with Gasteiger partial charge in [-0.05, 0) is 35.4 Å². The summed E-state index contributed by atoms with van der Waals surface area (Å²) < 4.78 is 9.36. The maximum atomic E-state index is 6.79. The molecule has 0 saturated heterocycles. The van der Waals surface area contributed by atoms with Crippen molar-refractivity contribution in [1.29, 1.82) is 0 Å². The zero-order chi connectivity index (χ0) is 33.0. The summed E-state index contributed by atoms with van der Waals surface area (Å²) in [6, 6.07) is 56.7. The molecule has 234 valence electrons. The average Bonchev–Trinajstić information content (AvgIpc) is 3.77. The maximum absolute atomic E-state index is 6.79. The lowest BCUT2D eigenvalue weighted by molar-refractivity contribution is 0.670. The standard InChI is InChI=1S/C45H27N3OS/c1-4-14-28(15-5-1)36-26-31(27-37-33-20-10-11-25-39(33)50-42(36)37)32-21-12-22-34-40-35(23-13-24-38(40)49-41(32)34)45-47-43(29-16-6-2-7-17-29)46-44(48-45)30-18-8-3-9-19-30/h1-27H. The Hall–Kier alpha value is -6.43. The maximum Gasteiger partial charge on any atom is 0.164 e. The summed E-state index contributed by atoms with van der Waals surface area (Å²) in [6.45, 7) is 0. The fraction of sp³-hybridized carbons (Fsp3) is 0. The average molecular weight is 658 g/mol. The third-order valence-electron chi connectivity index (χ3n) is 9.34. The van der Waals surface area contributed by atoms with Crippen LogP contribution in [0.1, 0.15) is 0 Å². The monoisotopic (exact) mass is 657 g/mol. The third kappa shape index (κ3) is 4.71. The van der Waals surface area contributed by atoms with Crippen LogP contribution in [0.2, 0.25) is 0 Å². The van der Waals surface area contributed by atoms with Gasteiger partial charge in [-0.15, -0.1) is 11.3 Å². The highest BCUT2D eigenvalue weighted by molar-refractivity contribution is 7.26. The summed E-state index contributed by atoms with van der Waals surface area (Å²) in [6.07, 6.45) is 0. The lowest BCUT2D eigenvalue weighted by Gasteiger charge is -2.10. The van der Waals surface area contributed by atoms with E-state index >= 15 is 0 Å². The summed E-state index contributed by atoms with van der Waals surface area (Å²) in [5.41, 5.74) is 8.99. The molecular formula is C45H27N3OS. The van der Waals surface area contributed by atoms with Crippen molar-refractivity contribution in [2.75, 3.05) is 0 Å². The van der Waals surface area contributed by atoms with E-state index in [9.17, 15) is 0 Å². The van der Waals surface area contributed by atoms with Crippen molar-refractivity contribution in [3.05, 3.63) is 164 Å². The molecule has 0 aliphatic heterocycles. The molecule has 7 aromatic carbocycles. The van der Waals surface area contributed by atoms with E-state index in [1.807, 2.05) is 84.1 Å². The van der Waals surface area contributed by atoms with E-state index in [0.717, 1.165) is 49.8 Å². The predicted octanol–water partition coefficient (Wildman–Crippen LogP) is 12.5. The molecule has 0 aliphatic rings. The molecule has 0 radical (unpaired) electrons. The van der Waals surface area contributed by atoms with E-state index in [1.54, 1.807) is 0 Å². The number of rotatable bonds is 5. The van der Waals surface area contributed by atoms with Gasteiger partial charge in [0.05, 0.1) is 0 Å². The first-order valence-corrected chi connectivity index (χ1v) is 17.4. The van der Waals surface area contributed by atoms with Gasteiger partial charge in [-0.25, -0.2) is 15.0 Å². The lowest BCUT2D eigenvalue weighted by Crippen LogP contribution is -2.00. The molecule has 10 rings (SSSR count). The minimum absolute atomic E-state index is 0.605. The molecule has 0 fully saturated rings. The van der Waals surface area contributed by atoms with E-state index in [0.29, 0.717) is 17.5 Å². The number of thiophene rings is 1. The Bertz CT molecular complexity index is 2800. The van der Waals surface area contributed by atoms with Crippen LogP contribution in [0.4, 0.5) is 0 Å². The third-order valence-corrected chi connectivity index (χ3v) is 10.6. The van der Waals surface area contributed by atoms with Crippen molar-refractivity contribution in [2.45, 2.75) is 0 Å². The minimum atomic E-state index is 0.605. The number of benzene rings is 7. The van der Waals surface area contributed by atoms with Crippen molar-refractivity contribution in [3.8, 4) is 56.4 Å². The highest BCUT2D eigenvalue weighted by atomic mass is 32.1. The van der Waals surface area contributed by atoms with Crippen LogP contribution in [0.5, 0.6) is 0 Å². The highest BCUT2D eigenvalue weighted by Crippen LogP contribution is 2.45. The predicted molar refractivity (Wildman–Crippen MR) is 207 cm³/mol. The number of hydrogen-bond acceptors (Lipinski definition) is 5. The molecule has 10 aromatic rings. The Kier molecular flexibility index (Phi) is 6.64. The van der Waals surface area contributed by atoms with E-state index < -0.39 is 0 Å². The lowest BCUT2D eigenvalue weighted by atomic mass is 9.94. The Balaban J connectivity index is 1.21. The molecule has 5 heteroatoms. The first-order chi connectivity index (χ1) is 24.8. The molecule has 0 aliphatic carbocycles. The van der Waals surface area contributed by atoms with Gasteiger partial charge in [0.25, 0.3) is 0 Å². The Labute approximate surface area is 292 Å². The van der Waals surface area contributed by atoms with Crippen molar-refractivity contribution in [1.82, 2.24) is 15.0 Å². The van der Waals surface area contributed by atoms with Crippen molar-refractivity contribution >= 4 is 53.4 Å². The molecule has 0 spiro atoms. The molecule has 0 saturated carbocycles. The second-order valence-electron chi connectivity index (χ2n) is 12.4. The number of nitrogens with zero attached hydrogens (tertiary/aromatic N) is 3. The van der Waals surface area contributed by atoms with E-state index in [-0.39, 0.29) is 0 Å².